The second kappa shape index (κ2) is 6.56. The second-order valence-electron chi connectivity index (χ2n) is 4.41. The topological polar surface area (TPSA) is 87.7 Å². The van der Waals surface area contributed by atoms with Crippen LogP contribution >= 0.6 is 0 Å². The van der Waals surface area contributed by atoms with Gasteiger partial charge in [0.2, 0.25) is 5.91 Å². The third kappa shape index (κ3) is 4.70. The van der Waals surface area contributed by atoms with Gasteiger partial charge in [-0.15, -0.1) is 0 Å². The number of carbonyl (C=O) groups is 2. The summed E-state index contributed by atoms with van der Waals surface area (Å²) in [6.45, 7) is 5.03. The van der Waals surface area contributed by atoms with Gasteiger partial charge in [-0.2, -0.15) is 0 Å². The molecule has 3 atom stereocenters. The van der Waals surface area contributed by atoms with E-state index < -0.39 is 12.0 Å². The zero-order valence-corrected chi connectivity index (χ0v) is 10.2. The largest absolute Gasteiger partial charge is 0.480 e. The van der Waals surface area contributed by atoms with Crippen LogP contribution in [0.15, 0.2) is 0 Å². The van der Waals surface area contributed by atoms with Gasteiger partial charge in [0.05, 0.1) is 6.61 Å². The maximum atomic E-state index is 10.9. The van der Waals surface area contributed by atoms with Crippen molar-refractivity contribution < 1.29 is 19.4 Å². The van der Waals surface area contributed by atoms with Gasteiger partial charge in [-0.05, 0) is 19.3 Å². The average Bonchev–Trinajstić information content (AvgIpc) is 2.76. The van der Waals surface area contributed by atoms with E-state index in [4.69, 9.17) is 9.84 Å². The molecule has 1 aliphatic rings. The molecule has 1 rings (SSSR count). The van der Waals surface area contributed by atoms with Crippen LogP contribution in [0.25, 0.3) is 0 Å². The summed E-state index contributed by atoms with van der Waals surface area (Å²) in [4.78, 5) is 21.7. The van der Waals surface area contributed by atoms with E-state index in [-0.39, 0.29) is 18.5 Å². The lowest BCUT2D eigenvalue weighted by Crippen LogP contribution is -2.49. The van der Waals surface area contributed by atoms with Gasteiger partial charge < -0.3 is 20.5 Å². The summed E-state index contributed by atoms with van der Waals surface area (Å²) >= 11 is 0. The van der Waals surface area contributed by atoms with Crippen molar-refractivity contribution in [3.63, 3.8) is 0 Å². The molecule has 0 spiro atoms. The van der Waals surface area contributed by atoms with Crippen LogP contribution in [0.4, 0.5) is 0 Å². The number of hydrogen-bond acceptors (Lipinski definition) is 4. The van der Waals surface area contributed by atoms with Crippen molar-refractivity contribution in [2.24, 2.45) is 5.92 Å². The maximum absolute atomic E-state index is 10.9. The molecule has 0 aromatic heterocycles. The molecular formula is C11H20N2O4. The zero-order chi connectivity index (χ0) is 12.8. The number of carboxylic acids is 1. The van der Waals surface area contributed by atoms with Crippen molar-refractivity contribution >= 4 is 11.9 Å². The van der Waals surface area contributed by atoms with Crippen LogP contribution in [0.3, 0.4) is 0 Å². The first-order valence-corrected chi connectivity index (χ1v) is 5.81. The van der Waals surface area contributed by atoms with Crippen LogP contribution < -0.4 is 10.6 Å². The van der Waals surface area contributed by atoms with Gasteiger partial charge in [0, 0.05) is 26.1 Å². The Kier molecular flexibility index (Phi) is 5.37. The number of amides is 1. The van der Waals surface area contributed by atoms with E-state index in [1.807, 2.05) is 6.92 Å². The van der Waals surface area contributed by atoms with Gasteiger partial charge in [0.1, 0.15) is 6.04 Å². The Hall–Kier alpha value is -1.14. The first-order valence-electron chi connectivity index (χ1n) is 5.81. The zero-order valence-electron chi connectivity index (χ0n) is 10.2. The van der Waals surface area contributed by atoms with Crippen molar-refractivity contribution in [1.82, 2.24) is 10.6 Å². The molecule has 3 unspecified atom stereocenters. The van der Waals surface area contributed by atoms with E-state index >= 15 is 0 Å². The molecule has 17 heavy (non-hydrogen) atoms. The Morgan fingerprint density at radius 2 is 2.24 bits per heavy atom. The molecule has 0 aromatic rings. The first kappa shape index (κ1) is 13.9. The fraction of sp³-hybridized carbons (Fsp3) is 0.818. The number of ether oxygens (including phenoxy) is 1. The summed E-state index contributed by atoms with van der Waals surface area (Å²) in [5.41, 5.74) is 0. The van der Waals surface area contributed by atoms with E-state index in [1.165, 1.54) is 6.92 Å². The molecule has 3 N–H and O–H groups in total. The Labute approximate surface area is 101 Å². The van der Waals surface area contributed by atoms with Gasteiger partial charge in [-0.25, -0.2) is 4.79 Å². The molecule has 1 fully saturated rings. The Morgan fingerprint density at radius 3 is 2.71 bits per heavy atom. The van der Waals surface area contributed by atoms with Crippen molar-refractivity contribution in [2.75, 3.05) is 19.8 Å². The molecule has 0 aliphatic carbocycles. The van der Waals surface area contributed by atoms with Gasteiger partial charge in [-0.3, -0.25) is 4.79 Å². The molecule has 0 radical (unpaired) electrons. The molecule has 98 valence electrons. The highest BCUT2D eigenvalue weighted by Gasteiger charge is 2.24. The summed E-state index contributed by atoms with van der Waals surface area (Å²) in [6.07, 6.45) is 0.992. The SMILES string of the molecule is CC(=O)NC(CNC(C)C1CCOC1)C(=O)O. The van der Waals surface area contributed by atoms with Crippen LogP contribution in [0.2, 0.25) is 0 Å². The summed E-state index contributed by atoms with van der Waals surface area (Å²) in [5.74, 6) is -0.944. The average molecular weight is 244 g/mol. The predicted octanol–water partition coefficient (Wildman–Crippen LogP) is -0.410. The van der Waals surface area contributed by atoms with Crippen molar-refractivity contribution in [3.8, 4) is 0 Å². The minimum atomic E-state index is -1.03. The third-order valence-electron chi connectivity index (χ3n) is 2.99. The fourth-order valence-corrected chi connectivity index (χ4v) is 1.86. The van der Waals surface area contributed by atoms with Crippen molar-refractivity contribution in [1.29, 1.82) is 0 Å². The molecule has 1 aliphatic heterocycles. The number of carbonyl (C=O) groups excluding carboxylic acids is 1. The van der Waals surface area contributed by atoms with Crippen LogP contribution in [-0.2, 0) is 14.3 Å². The van der Waals surface area contributed by atoms with Crippen molar-refractivity contribution in [3.05, 3.63) is 0 Å². The molecule has 6 heteroatoms. The standard InChI is InChI=1S/C11H20N2O4/c1-7(9-3-4-17-6-9)12-5-10(11(15)16)13-8(2)14/h7,9-10,12H,3-6H2,1-2H3,(H,13,14)(H,15,16). The number of nitrogens with one attached hydrogen (secondary N) is 2. The molecule has 0 saturated carbocycles. The quantitative estimate of drug-likeness (QED) is 0.591. The van der Waals surface area contributed by atoms with Crippen LogP contribution in [0.1, 0.15) is 20.3 Å². The number of aliphatic carboxylic acids is 1. The maximum Gasteiger partial charge on any atom is 0.327 e. The first-order chi connectivity index (χ1) is 8.00. The molecular weight excluding hydrogens is 224 g/mol. The molecule has 1 amide bonds. The minimum Gasteiger partial charge on any atom is -0.480 e. The number of carboxylic acid groups (broad SMARTS) is 1. The Balaban J connectivity index is 2.34. The molecule has 0 aromatic carbocycles. The highest BCUT2D eigenvalue weighted by atomic mass is 16.5. The van der Waals surface area contributed by atoms with Gasteiger partial charge in [0.25, 0.3) is 0 Å². The lowest BCUT2D eigenvalue weighted by molar-refractivity contribution is -0.141. The molecule has 0 bridgehead atoms. The highest BCUT2D eigenvalue weighted by Crippen LogP contribution is 2.16. The fourth-order valence-electron chi connectivity index (χ4n) is 1.86. The normalized spacial score (nSPS) is 23.1. The van der Waals surface area contributed by atoms with Gasteiger partial charge in [-0.1, -0.05) is 0 Å². The molecule has 6 nitrogen and oxygen atoms in total. The number of hydrogen-bond donors (Lipinski definition) is 3. The third-order valence-corrected chi connectivity index (χ3v) is 2.99. The van der Waals surface area contributed by atoms with E-state index in [0.717, 1.165) is 13.0 Å². The summed E-state index contributed by atoms with van der Waals surface area (Å²) in [7, 11) is 0. The van der Waals surface area contributed by atoms with E-state index in [0.29, 0.717) is 12.5 Å². The molecule has 1 heterocycles. The Morgan fingerprint density at radius 1 is 1.53 bits per heavy atom. The van der Waals surface area contributed by atoms with Crippen LogP contribution in [0.5, 0.6) is 0 Å². The Bertz CT molecular complexity index is 277. The lowest BCUT2D eigenvalue weighted by Gasteiger charge is -2.22. The second-order valence-corrected chi connectivity index (χ2v) is 4.41. The highest BCUT2D eigenvalue weighted by molar-refractivity contribution is 5.82. The van der Waals surface area contributed by atoms with Crippen LogP contribution in [0, 0.1) is 5.92 Å². The predicted molar refractivity (Wildman–Crippen MR) is 61.6 cm³/mol. The minimum absolute atomic E-state index is 0.188. The van der Waals surface area contributed by atoms with Crippen molar-refractivity contribution in [2.45, 2.75) is 32.4 Å². The monoisotopic (exact) mass is 244 g/mol. The van der Waals surface area contributed by atoms with Gasteiger partial charge in [0.15, 0.2) is 0 Å². The van der Waals surface area contributed by atoms with E-state index in [1.54, 1.807) is 0 Å². The lowest BCUT2D eigenvalue weighted by atomic mass is 10.0. The van der Waals surface area contributed by atoms with Crippen LogP contribution in [-0.4, -0.2) is 48.8 Å². The van der Waals surface area contributed by atoms with E-state index in [2.05, 4.69) is 10.6 Å². The summed E-state index contributed by atoms with van der Waals surface area (Å²) in [5, 5.41) is 14.4. The van der Waals surface area contributed by atoms with E-state index in [9.17, 15) is 9.59 Å². The van der Waals surface area contributed by atoms with Gasteiger partial charge >= 0.3 is 5.97 Å². The number of rotatable bonds is 6. The molecule has 1 saturated heterocycles. The summed E-state index contributed by atoms with van der Waals surface area (Å²) in [6, 6.07) is -0.689. The smallest absolute Gasteiger partial charge is 0.327 e. The summed E-state index contributed by atoms with van der Waals surface area (Å²) < 4.78 is 5.27.